The van der Waals surface area contributed by atoms with Crippen LogP contribution in [-0.2, 0) is 10.3 Å². The molecule has 1 saturated heterocycles. The number of carboxylic acids is 1. The second-order valence-corrected chi connectivity index (χ2v) is 6.78. The number of aromatic nitrogens is 2. The SMILES string of the molecule is CC1(C(=O)O)CCCCN1c1nccn(C(C)(C)C)c1=O. The summed E-state index contributed by atoms with van der Waals surface area (Å²) in [7, 11) is 0. The molecule has 116 valence electrons. The number of carbonyl (C=O) groups is 1. The second-order valence-electron chi connectivity index (χ2n) is 6.78. The first-order chi connectivity index (χ1) is 9.68. The van der Waals surface area contributed by atoms with Gasteiger partial charge in [0.15, 0.2) is 5.82 Å². The lowest BCUT2D eigenvalue weighted by atomic mass is 9.88. The van der Waals surface area contributed by atoms with Crippen LogP contribution in [0.15, 0.2) is 17.2 Å². The molecule has 1 aliphatic heterocycles. The first-order valence-electron chi connectivity index (χ1n) is 7.27. The molecule has 0 spiro atoms. The zero-order valence-electron chi connectivity index (χ0n) is 13.1. The van der Waals surface area contributed by atoms with Crippen molar-refractivity contribution in [3.63, 3.8) is 0 Å². The Balaban J connectivity index is 2.55. The summed E-state index contributed by atoms with van der Waals surface area (Å²) in [5.41, 5.74) is -1.68. The molecule has 6 nitrogen and oxygen atoms in total. The first-order valence-corrected chi connectivity index (χ1v) is 7.27. The molecule has 0 aromatic carbocycles. The Morgan fingerprint density at radius 1 is 1.38 bits per heavy atom. The summed E-state index contributed by atoms with van der Waals surface area (Å²) in [6, 6.07) is 0. The molecule has 1 aromatic heterocycles. The van der Waals surface area contributed by atoms with Crippen molar-refractivity contribution in [2.75, 3.05) is 11.4 Å². The predicted molar refractivity (Wildman–Crippen MR) is 80.7 cm³/mol. The summed E-state index contributed by atoms with van der Waals surface area (Å²) >= 11 is 0. The number of carboxylic acid groups (broad SMARTS) is 1. The summed E-state index contributed by atoms with van der Waals surface area (Å²) < 4.78 is 1.60. The van der Waals surface area contributed by atoms with Crippen molar-refractivity contribution in [3.05, 3.63) is 22.7 Å². The first kappa shape index (κ1) is 15.5. The van der Waals surface area contributed by atoms with Crippen molar-refractivity contribution in [1.82, 2.24) is 9.55 Å². The van der Waals surface area contributed by atoms with Crippen LogP contribution in [0.25, 0.3) is 0 Å². The normalized spacial score (nSPS) is 23.1. The zero-order chi connectivity index (χ0) is 15.8. The highest BCUT2D eigenvalue weighted by atomic mass is 16.4. The van der Waals surface area contributed by atoms with E-state index in [1.807, 2.05) is 20.8 Å². The maximum absolute atomic E-state index is 12.7. The van der Waals surface area contributed by atoms with Crippen molar-refractivity contribution in [3.8, 4) is 0 Å². The van der Waals surface area contributed by atoms with Gasteiger partial charge in [0.05, 0.1) is 0 Å². The van der Waals surface area contributed by atoms with E-state index in [2.05, 4.69) is 4.98 Å². The van der Waals surface area contributed by atoms with Crippen LogP contribution < -0.4 is 10.5 Å². The van der Waals surface area contributed by atoms with Crippen LogP contribution in [0.3, 0.4) is 0 Å². The van der Waals surface area contributed by atoms with Crippen molar-refractivity contribution in [1.29, 1.82) is 0 Å². The molecule has 1 aromatic rings. The van der Waals surface area contributed by atoms with E-state index >= 15 is 0 Å². The van der Waals surface area contributed by atoms with Gasteiger partial charge >= 0.3 is 5.97 Å². The Morgan fingerprint density at radius 3 is 2.62 bits per heavy atom. The Bertz CT molecular complexity index is 603. The molecule has 0 radical (unpaired) electrons. The van der Waals surface area contributed by atoms with Gasteiger partial charge in [0.25, 0.3) is 5.56 Å². The zero-order valence-corrected chi connectivity index (χ0v) is 13.1. The third-order valence-corrected chi connectivity index (χ3v) is 4.15. The number of rotatable bonds is 2. The minimum absolute atomic E-state index is 0.233. The molecule has 0 aliphatic carbocycles. The molecule has 6 heteroatoms. The molecule has 1 unspecified atom stereocenters. The van der Waals surface area contributed by atoms with E-state index in [1.54, 1.807) is 28.8 Å². The van der Waals surface area contributed by atoms with Gasteiger partial charge in [0, 0.05) is 24.5 Å². The quantitative estimate of drug-likeness (QED) is 0.900. The van der Waals surface area contributed by atoms with E-state index in [1.165, 1.54) is 0 Å². The molecule has 2 heterocycles. The van der Waals surface area contributed by atoms with Gasteiger partial charge in [0.1, 0.15) is 5.54 Å². The summed E-state index contributed by atoms with van der Waals surface area (Å²) in [5, 5.41) is 9.57. The topological polar surface area (TPSA) is 75.4 Å². The van der Waals surface area contributed by atoms with E-state index in [4.69, 9.17) is 0 Å². The lowest BCUT2D eigenvalue weighted by Crippen LogP contribution is -2.57. The van der Waals surface area contributed by atoms with Crippen molar-refractivity contribution >= 4 is 11.8 Å². The van der Waals surface area contributed by atoms with Crippen LogP contribution >= 0.6 is 0 Å². The third kappa shape index (κ3) is 2.66. The molecular weight excluding hydrogens is 270 g/mol. The van der Waals surface area contributed by atoms with Crippen molar-refractivity contribution in [2.24, 2.45) is 0 Å². The highest BCUT2D eigenvalue weighted by Gasteiger charge is 2.43. The summed E-state index contributed by atoms with van der Waals surface area (Å²) in [5.74, 6) is -0.674. The molecular formula is C15H23N3O3. The molecule has 1 aliphatic rings. The van der Waals surface area contributed by atoms with Crippen LogP contribution in [0, 0.1) is 0 Å². The molecule has 1 atom stereocenters. The van der Waals surface area contributed by atoms with Gasteiger partial charge in [-0.25, -0.2) is 9.78 Å². The van der Waals surface area contributed by atoms with Crippen LogP contribution in [0.2, 0.25) is 0 Å². The summed E-state index contributed by atoms with van der Waals surface area (Å²) in [6.07, 6.45) is 5.45. The standard InChI is InChI=1S/C15H23N3O3/c1-14(2,3)18-10-8-16-11(12(18)19)17-9-6-5-7-15(17,4)13(20)21/h8,10H,5-7,9H2,1-4H3,(H,20,21). The van der Waals surface area contributed by atoms with E-state index in [-0.39, 0.29) is 16.9 Å². The molecule has 1 fully saturated rings. The number of piperidine rings is 1. The number of hydrogen-bond donors (Lipinski definition) is 1. The lowest BCUT2D eigenvalue weighted by molar-refractivity contribution is -0.143. The highest BCUT2D eigenvalue weighted by molar-refractivity contribution is 5.82. The molecule has 0 amide bonds. The molecule has 21 heavy (non-hydrogen) atoms. The van der Waals surface area contributed by atoms with Gasteiger partial charge in [-0.3, -0.25) is 4.79 Å². The molecule has 2 rings (SSSR count). The Labute approximate surface area is 124 Å². The number of aliphatic carboxylic acids is 1. The number of hydrogen-bond acceptors (Lipinski definition) is 4. The van der Waals surface area contributed by atoms with Gasteiger partial charge in [-0.1, -0.05) is 0 Å². The van der Waals surface area contributed by atoms with Gasteiger partial charge in [0.2, 0.25) is 0 Å². The average molecular weight is 293 g/mol. The van der Waals surface area contributed by atoms with Gasteiger partial charge in [-0.2, -0.15) is 0 Å². The van der Waals surface area contributed by atoms with Gasteiger partial charge in [-0.15, -0.1) is 0 Å². The Morgan fingerprint density at radius 2 is 2.05 bits per heavy atom. The average Bonchev–Trinajstić information content (AvgIpc) is 2.38. The number of nitrogens with zero attached hydrogens (tertiary/aromatic N) is 3. The maximum Gasteiger partial charge on any atom is 0.329 e. The minimum atomic E-state index is -1.07. The fourth-order valence-electron chi connectivity index (χ4n) is 2.80. The second kappa shape index (κ2) is 5.16. The smallest absolute Gasteiger partial charge is 0.329 e. The summed E-state index contributed by atoms with van der Waals surface area (Å²) in [6.45, 7) is 8.02. The summed E-state index contributed by atoms with van der Waals surface area (Å²) in [4.78, 5) is 30.2. The molecule has 0 bridgehead atoms. The van der Waals surface area contributed by atoms with Crippen LogP contribution in [-0.4, -0.2) is 32.7 Å². The monoisotopic (exact) mass is 293 g/mol. The lowest BCUT2D eigenvalue weighted by Gasteiger charge is -2.42. The van der Waals surface area contributed by atoms with E-state index in [0.29, 0.717) is 13.0 Å². The maximum atomic E-state index is 12.7. The molecule has 0 saturated carbocycles. The minimum Gasteiger partial charge on any atom is -0.480 e. The Kier molecular flexibility index (Phi) is 3.82. The van der Waals surface area contributed by atoms with Crippen LogP contribution in [0.4, 0.5) is 5.82 Å². The Hall–Kier alpha value is -1.85. The fraction of sp³-hybridized carbons (Fsp3) is 0.667. The predicted octanol–water partition coefficient (Wildman–Crippen LogP) is 1.83. The third-order valence-electron chi connectivity index (χ3n) is 4.15. The van der Waals surface area contributed by atoms with E-state index in [0.717, 1.165) is 12.8 Å². The van der Waals surface area contributed by atoms with Crippen molar-refractivity contribution in [2.45, 2.75) is 58.0 Å². The van der Waals surface area contributed by atoms with Crippen LogP contribution in [0.1, 0.15) is 47.0 Å². The van der Waals surface area contributed by atoms with Gasteiger partial charge < -0.3 is 14.6 Å². The number of anilines is 1. The van der Waals surface area contributed by atoms with Crippen LogP contribution in [0.5, 0.6) is 0 Å². The van der Waals surface area contributed by atoms with E-state index < -0.39 is 11.5 Å². The highest BCUT2D eigenvalue weighted by Crippen LogP contribution is 2.30. The molecule has 1 N–H and O–H groups in total. The fourth-order valence-corrected chi connectivity index (χ4v) is 2.80. The largest absolute Gasteiger partial charge is 0.480 e. The van der Waals surface area contributed by atoms with Gasteiger partial charge in [-0.05, 0) is 47.0 Å². The van der Waals surface area contributed by atoms with E-state index in [9.17, 15) is 14.7 Å². The van der Waals surface area contributed by atoms with Crippen molar-refractivity contribution < 1.29 is 9.90 Å².